The molecular formula is C11H10ClNO2S. The smallest absolute Gasteiger partial charge is 0.129 e. The van der Waals surface area contributed by atoms with Gasteiger partial charge in [-0.15, -0.1) is 11.3 Å². The van der Waals surface area contributed by atoms with E-state index in [1.165, 1.54) is 11.3 Å². The van der Waals surface area contributed by atoms with Crippen molar-refractivity contribution in [1.29, 1.82) is 0 Å². The van der Waals surface area contributed by atoms with Gasteiger partial charge in [-0.25, -0.2) is 4.98 Å². The van der Waals surface area contributed by atoms with E-state index in [1.807, 2.05) is 5.38 Å². The molecule has 0 radical (unpaired) electrons. The molecule has 0 unspecified atom stereocenters. The molecule has 0 spiro atoms. The van der Waals surface area contributed by atoms with E-state index in [2.05, 4.69) is 4.98 Å². The molecule has 16 heavy (non-hydrogen) atoms. The monoisotopic (exact) mass is 255 g/mol. The molecule has 0 aliphatic rings. The predicted molar refractivity (Wildman–Crippen MR) is 65.0 cm³/mol. The molecule has 1 heterocycles. The van der Waals surface area contributed by atoms with Crippen molar-refractivity contribution in [1.82, 2.24) is 4.98 Å². The lowest BCUT2D eigenvalue weighted by Gasteiger charge is -2.05. The fourth-order valence-corrected chi connectivity index (χ4v) is 2.35. The van der Waals surface area contributed by atoms with E-state index in [1.54, 1.807) is 25.3 Å². The lowest BCUT2D eigenvalue weighted by atomic mass is 10.2. The Morgan fingerprint density at radius 2 is 2.31 bits per heavy atom. The van der Waals surface area contributed by atoms with Gasteiger partial charge in [0.15, 0.2) is 0 Å². The largest absolute Gasteiger partial charge is 0.496 e. The van der Waals surface area contributed by atoms with Crippen molar-refractivity contribution in [3.05, 3.63) is 34.3 Å². The third-order valence-corrected chi connectivity index (χ3v) is 3.27. The van der Waals surface area contributed by atoms with Gasteiger partial charge in [0.05, 0.1) is 25.0 Å². The topological polar surface area (TPSA) is 42.4 Å². The molecule has 0 amide bonds. The van der Waals surface area contributed by atoms with Gasteiger partial charge >= 0.3 is 0 Å². The van der Waals surface area contributed by atoms with Gasteiger partial charge in [-0.1, -0.05) is 11.6 Å². The number of halogens is 1. The summed E-state index contributed by atoms with van der Waals surface area (Å²) < 4.78 is 5.24. The van der Waals surface area contributed by atoms with Gasteiger partial charge in [0.25, 0.3) is 0 Å². The Morgan fingerprint density at radius 1 is 1.50 bits per heavy atom. The zero-order valence-electron chi connectivity index (χ0n) is 8.61. The molecule has 1 aromatic carbocycles. The highest BCUT2D eigenvalue weighted by Gasteiger charge is 2.10. The molecule has 0 saturated heterocycles. The van der Waals surface area contributed by atoms with E-state index in [4.69, 9.17) is 21.4 Å². The second-order valence-corrected chi connectivity index (χ2v) is 4.44. The van der Waals surface area contributed by atoms with E-state index in [0.717, 1.165) is 16.3 Å². The van der Waals surface area contributed by atoms with Crippen molar-refractivity contribution in [2.45, 2.75) is 6.61 Å². The molecule has 84 valence electrons. The number of rotatable bonds is 3. The lowest BCUT2D eigenvalue weighted by Crippen LogP contribution is -1.88. The maximum absolute atomic E-state index is 8.97. The molecule has 1 N–H and O–H groups in total. The average Bonchev–Trinajstić information content (AvgIpc) is 2.77. The number of aliphatic hydroxyl groups excluding tert-OH is 1. The Kier molecular flexibility index (Phi) is 3.43. The first-order valence-corrected chi connectivity index (χ1v) is 5.89. The number of aromatic nitrogens is 1. The molecule has 0 atom stereocenters. The van der Waals surface area contributed by atoms with Crippen LogP contribution in [-0.4, -0.2) is 17.2 Å². The number of thiazole rings is 1. The number of benzene rings is 1. The Morgan fingerprint density at radius 3 is 2.94 bits per heavy atom. The first kappa shape index (κ1) is 11.4. The number of aliphatic hydroxyl groups is 1. The summed E-state index contributed by atoms with van der Waals surface area (Å²) in [6.45, 7) is -0.0562. The molecule has 0 aliphatic heterocycles. The van der Waals surface area contributed by atoms with E-state index in [0.29, 0.717) is 10.7 Å². The first-order chi connectivity index (χ1) is 7.74. The number of nitrogens with zero attached hydrogens (tertiary/aromatic N) is 1. The summed E-state index contributed by atoms with van der Waals surface area (Å²) in [4.78, 5) is 4.28. The molecule has 0 aliphatic carbocycles. The fourth-order valence-electron chi connectivity index (χ4n) is 1.35. The second-order valence-electron chi connectivity index (χ2n) is 3.15. The van der Waals surface area contributed by atoms with Crippen LogP contribution in [0.1, 0.15) is 5.69 Å². The number of ether oxygens (including phenoxy) is 1. The third kappa shape index (κ3) is 2.19. The summed E-state index contributed by atoms with van der Waals surface area (Å²) in [6, 6.07) is 5.38. The minimum atomic E-state index is -0.0562. The number of methoxy groups -OCH3 is 1. The quantitative estimate of drug-likeness (QED) is 0.917. The summed E-state index contributed by atoms with van der Waals surface area (Å²) in [5.74, 6) is 0.725. The number of hydrogen-bond donors (Lipinski definition) is 1. The normalized spacial score (nSPS) is 10.4. The molecule has 2 rings (SSSR count). The fraction of sp³-hybridized carbons (Fsp3) is 0.182. The highest BCUT2D eigenvalue weighted by molar-refractivity contribution is 7.13. The van der Waals surface area contributed by atoms with E-state index >= 15 is 0 Å². The van der Waals surface area contributed by atoms with Crippen LogP contribution in [0.2, 0.25) is 5.02 Å². The average molecular weight is 256 g/mol. The van der Waals surface area contributed by atoms with E-state index in [-0.39, 0.29) is 6.61 Å². The zero-order valence-corrected chi connectivity index (χ0v) is 10.2. The minimum Gasteiger partial charge on any atom is -0.496 e. The molecular weight excluding hydrogens is 246 g/mol. The van der Waals surface area contributed by atoms with Crippen LogP contribution in [0.5, 0.6) is 5.75 Å². The lowest BCUT2D eigenvalue weighted by molar-refractivity contribution is 0.278. The van der Waals surface area contributed by atoms with Crippen molar-refractivity contribution < 1.29 is 9.84 Å². The van der Waals surface area contributed by atoms with Crippen LogP contribution in [0.3, 0.4) is 0 Å². The Bertz CT molecular complexity index is 498. The Hall–Kier alpha value is -1.10. The molecule has 0 saturated carbocycles. The Balaban J connectivity index is 2.49. The first-order valence-electron chi connectivity index (χ1n) is 4.63. The van der Waals surface area contributed by atoms with Crippen LogP contribution < -0.4 is 4.74 Å². The van der Waals surface area contributed by atoms with Crippen molar-refractivity contribution in [3.63, 3.8) is 0 Å². The van der Waals surface area contributed by atoms with Gasteiger partial charge in [-0.2, -0.15) is 0 Å². The summed E-state index contributed by atoms with van der Waals surface area (Å²) in [7, 11) is 1.60. The van der Waals surface area contributed by atoms with Crippen molar-refractivity contribution >= 4 is 22.9 Å². The van der Waals surface area contributed by atoms with Gasteiger partial charge in [0.1, 0.15) is 10.8 Å². The summed E-state index contributed by atoms with van der Waals surface area (Å²) >= 11 is 7.39. The maximum atomic E-state index is 8.97. The standard InChI is InChI=1S/C11H10ClNO2S/c1-15-10-3-2-7(12)4-9(10)11-13-8(5-14)6-16-11/h2-4,6,14H,5H2,1H3. The van der Waals surface area contributed by atoms with Crippen LogP contribution >= 0.6 is 22.9 Å². The van der Waals surface area contributed by atoms with Crippen molar-refractivity contribution in [2.75, 3.05) is 7.11 Å². The molecule has 0 fully saturated rings. The summed E-state index contributed by atoms with van der Waals surface area (Å²) in [5, 5.41) is 12.2. The van der Waals surface area contributed by atoms with Crippen molar-refractivity contribution in [2.24, 2.45) is 0 Å². The van der Waals surface area contributed by atoms with Gasteiger partial charge < -0.3 is 9.84 Å². The highest BCUT2D eigenvalue weighted by Crippen LogP contribution is 2.34. The Labute approximate surface area is 102 Å². The van der Waals surface area contributed by atoms with E-state index < -0.39 is 0 Å². The second kappa shape index (κ2) is 4.82. The van der Waals surface area contributed by atoms with E-state index in [9.17, 15) is 0 Å². The minimum absolute atomic E-state index is 0.0562. The summed E-state index contributed by atoms with van der Waals surface area (Å²) in [6.07, 6.45) is 0. The van der Waals surface area contributed by atoms with Gasteiger partial charge in [0, 0.05) is 10.4 Å². The van der Waals surface area contributed by atoms with Gasteiger partial charge in [-0.3, -0.25) is 0 Å². The van der Waals surface area contributed by atoms with Crippen LogP contribution in [0.15, 0.2) is 23.6 Å². The molecule has 0 bridgehead atoms. The maximum Gasteiger partial charge on any atom is 0.129 e. The van der Waals surface area contributed by atoms with Crippen molar-refractivity contribution in [3.8, 4) is 16.3 Å². The van der Waals surface area contributed by atoms with Gasteiger partial charge in [-0.05, 0) is 18.2 Å². The third-order valence-electron chi connectivity index (χ3n) is 2.11. The highest BCUT2D eigenvalue weighted by atomic mass is 35.5. The van der Waals surface area contributed by atoms with Crippen LogP contribution in [0.25, 0.3) is 10.6 Å². The molecule has 3 nitrogen and oxygen atoms in total. The zero-order chi connectivity index (χ0) is 11.5. The molecule has 2 aromatic rings. The molecule has 1 aromatic heterocycles. The van der Waals surface area contributed by atoms with Crippen LogP contribution in [-0.2, 0) is 6.61 Å². The van der Waals surface area contributed by atoms with Crippen LogP contribution in [0, 0.1) is 0 Å². The van der Waals surface area contributed by atoms with Gasteiger partial charge in [0.2, 0.25) is 0 Å². The SMILES string of the molecule is COc1ccc(Cl)cc1-c1nc(CO)cs1. The number of hydrogen-bond acceptors (Lipinski definition) is 4. The van der Waals surface area contributed by atoms with Crippen LogP contribution in [0.4, 0.5) is 0 Å². The predicted octanol–water partition coefficient (Wildman–Crippen LogP) is 2.96. The summed E-state index contributed by atoms with van der Waals surface area (Å²) in [5.41, 5.74) is 1.50. The molecule has 5 heteroatoms.